The first-order chi connectivity index (χ1) is 7.55. The molecule has 0 saturated carbocycles. The molecule has 0 aliphatic carbocycles. The molecule has 0 spiro atoms. The van der Waals surface area contributed by atoms with Crippen molar-refractivity contribution in [3.05, 3.63) is 35.4 Å². The van der Waals surface area contributed by atoms with Gasteiger partial charge in [0, 0.05) is 5.92 Å². The number of ether oxygens (including phenoxy) is 1. The van der Waals surface area contributed by atoms with E-state index in [1.807, 2.05) is 6.07 Å². The van der Waals surface area contributed by atoms with Crippen molar-refractivity contribution in [2.24, 2.45) is 5.92 Å². The van der Waals surface area contributed by atoms with Crippen LogP contribution in [0.15, 0.2) is 24.3 Å². The minimum absolute atomic E-state index is 0.0671. The van der Waals surface area contributed by atoms with Crippen molar-refractivity contribution in [2.75, 3.05) is 6.61 Å². The zero-order valence-corrected chi connectivity index (χ0v) is 8.78. The van der Waals surface area contributed by atoms with Crippen LogP contribution < -0.4 is 0 Å². The van der Waals surface area contributed by atoms with E-state index < -0.39 is 17.9 Å². The van der Waals surface area contributed by atoms with E-state index in [1.165, 1.54) is 31.2 Å². The summed E-state index contributed by atoms with van der Waals surface area (Å²) in [5.74, 6) is -3.61. The van der Waals surface area contributed by atoms with E-state index in [0.29, 0.717) is 11.1 Å². The lowest BCUT2D eigenvalue weighted by molar-refractivity contribution is -0.0858. The fourth-order valence-electron chi connectivity index (χ4n) is 1.77. The molecule has 1 heterocycles. The molecule has 2 nitrogen and oxygen atoms in total. The van der Waals surface area contributed by atoms with Crippen molar-refractivity contribution < 1.29 is 13.5 Å². The van der Waals surface area contributed by atoms with E-state index >= 15 is 0 Å². The number of hydrogen-bond acceptors (Lipinski definition) is 2. The molecule has 1 aliphatic heterocycles. The molecule has 1 saturated heterocycles. The molecular formula is C12H11F2NO. The van der Waals surface area contributed by atoms with Gasteiger partial charge >= 0.3 is 0 Å². The maximum atomic E-state index is 13.7. The van der Waals surface area contributed by atoms with Gasteiger partial charge in [0.2, 0.25) is 0 Å². The van der Waals surface area contributed by atoms with E-state index in [1.54, 1.807) is 0 Å². The van der Waals surface area contributed by atoms with Crippen molar-refractivity contribution >= 4 is 0 Å². The largest absolute Gasteiger partial charge is 0.367 e. The number of nitriles is 1. The third kappa shape index (κ3) is 1.68. The first-order valence-corrected chi connectivity index (χ1v) is 5.05. The van der Waals surface area contributed by atoms with Crippen molar-refractivity contribution in [2.45, 2.75) is 19.0 Å². The molecule has 2 unspecified atom stereocenters. The highest BCUT2D eigenvalue weighted by molar-refractivity contribution is 5.33. The Morgan fingerprint density at radius 1 is 1.38 bits per heavy atom. The summed E-state index contributed by atoms with van der Waals surface area (Å²) in [5, 5.41) is 8.61. The Labute approximate surface area is 92.5 Å². The molecule has 84 valence electrons. The van der Waals surface area contributed by atoms with E-state index in [9.17, 15) is 8.78 Å². The molecule has 1 fully saturated rings. The number of rotatable bonds is 1. The van der Waals surface area contributed by atoms with Gasteiger partial charge in [-0.05, 0) is 17.7 Å². The lowest BCUT2D eigenvalue weighted by Crippen LogP contribution is -2.27. The molecule has 4 heteroatoms. The predicted molar refractivity (Wildman–Crippen MR) is 54.0 cm³/mol. The van der Waals surface area contributed by atoms with Crippen LogP contribution in [0.5, 0.6) is 0 Å². The van der Waals surface area contributed by atoms with Gasteiger partial charge in [-0.15, -0.1) is 0 Å². The second-order valence-corrected chi connectivity index (χ2v) is 4.02. The zero-order valence-electron chi connectivity index (χ0n) is 8.78. The monoisotopic (exact) mass is 223 g/mol. The van der Waals surface area contributed by atoms with Crippen molar-refractivity contribution in [3.8, 4) is 6.07 Å². The molecule has 16 heavy (non-hydrogen) atoms. The number of hydrogen-bond donors (Lipinski definition) is 0. The Kier molecular flexibility index (Phi) is 2.64. The van der Waals surface area contributed by atoms with Crippen LogP contribution in [-0.2, 0) is 4.74 Å². The van der Waals surface area contributed by atoms with Crippen LogP contribution in [0, 0.1) is 17.2 Å². The molecule has 0 aromatic heterocycles. The smallest absolute Gasteiger partial charge is 0.282 e. The third-order valence-corrected chi connectivity index (χ3v) is 2.86. The Balaban J connectivity index is 2.28. The Morgan fingerprint density at radius 2 is 2.00 bits per heavy atom. The van der Waals surface area contributed by atoms with Crippen molar-refractivity contribution in [1.82, 2.24) is 0 Å². The molecule has 1 aromatic rings. The highest BCUT2D eigenvalue weighted by Gasteiger charge is 2.51. The maximum Gasteiger partial charge on any atom is 0.282 e. The standard InChI is InChI=1S/C12H11F2NO/c1-8-7-16-11(12(8,13)14)10-4-2-9(6-15)3-5-10/h2-5,8,11H,7H2,1H3. The Hall–Kier alpha value is -1.47. The normalized spacial score (nSPS) is 27.6. The topological polar surface area (TPSA) is 33.0 Å². The number of nitrogens with zero attached hydrogens (tertiary/aromatic N) is 1. The van der Waals surface area contributed by atoms with Gasteiger partial charge in [-0.2, -0.15) is 5.26 Å². The highest BCUT2D eigenvalue weighted by atomic mass is 19.3. The van der Waals surface area contributed by atoms with Gasteiger partial charge in [0.15, 0.2) is 0 Å². The van der Waals surface area contributed by atoms with E-state index in [2.05, 4.69) is 0 Å². The number of alkyl halides is 2. The average Bonchev–Trinajstić information content (AvgIpc) is 2.54. The van der Waals surface area contributed by atoms with Crippen molar-refractivity contribution in [3.63, 3.8) is 0 Å². The SMILES string of the molecule is CC1COC(c2ccc(C#N)cc2)C1(F)F. The van der Waals surface area contributed by atoms with E-state index in [-0.39, 0.29) is 6.61 Å². The lowest BCUT2D eigenvalue weighted by atomic mass is 9.97. The summed E-state index contributed by atoms with van der Waals surface area (Å²) in [7, 11) is 0. The fourth-order valence-corrected chi connectivity index (χ4v) is 1.77. The van der Waals surface area contributed by atoms with Gasteiger partial charge < -0.3 is 4.74 Å². The van der Waals surface area contributed by atoms with Crippen LogP contribution >= 0.6 is 0 Å². The molecule has 1 aromatic carbocycles. The molecule has 2 atom stereocenters. The molecule has 1 aliphatic rings. The third-order valence-electron chi connectivity index (χ3n) is 2.86. The molecule has 0 bridgehead atoms. The van der Waals surface area contributed by atoms with Crippen LogP contribution in [0.3, 0.4) is 0 Å². The maximum absolute atomic E-state index is 13.7. The first kappa shape index (κ1) is 11.0. The second-order valence-electron chi connectivity index (χ2n) is 4.02. The van der Waals surface area contributed by atoms with Gasteiger partial charge in [0.25, 0.3) is 5.92 Å². The summed E-state index contributed by atoms with van der Waals surface area (Å²) < 4.78 is 32.5. The minimum Gasteiger partial charge on any atom is -0.367 e. The van der Waals surface area contributed by atoms with Gasteiger partial charge in [-0.1, -0.05) is 19.1 Å². The average molecular weight is 223 g/mol. The summed E-state index contributed by atoms with van der Waals surface area (Å²) in [4.78, 5) is 0. The molecule has 2 rings (SSSR count). The van der Waals surface area contributed by atoms with Crippen LogP contribution in [0.4, 0.5) is 8.78 Å². The molecule has 0 amide bonds. The van der Waals surface area contributed by atoms with Gasteiger partial charge in [0.05, 0.1) is 18.2 Å². The summed E-state index contributed by atoms with van der Waals surface area (Å²) in [6, 6.07) is 8.04. The van der Waals surface area contributed by atoms with Crippen molar-refractivity contribution in [1.29, 1.82) is 5.26 Å². The first-order valence-electron chi connectivity index (χ1n) is 5.05. The molecule has 0 radical (unpaired) electrons. The van der Waals surface area contributed by atoms with Crippen LogP contribution in [0.1, 0.15) is 24.2 Å². The van der Waals surface area contributed by atoms with Crippen LogP contribution in [-0.4, -0.2) is 12.5 Å². The fraction of sp³-hybridized carbons (Fsp3) is 0.417. The van der Waals surface area contributed by atoms with Crippen LogP contribution in [0.25, 0.3) is 0 Å². The Bertz CT molecular complexity index is 422. The van der Waals surface area contributed by atoms with Gasteiger partial charge in [-0.25, -0.2) is 8.78 Å². The molecule has 0 N–H and O–H groups in total. The number of halogens is 2. The van der Waals surface area contributed by atoms with Gasteiger partial charge in [0.1, 0.15) is 6.10 Å². The summed E-state index contributed by atoms with van der Waals surface area (Å²) >= 11 is 0. The Morgan fingerprint density at radius 3 is 2.44 bits per heavy atom. The number of benzene rings is 1. The second kappa shape index (κ2) is 3.84. The van der Waals surface area contributed by atoms with Crippen LogP contribution in [0.2, 0.25) is 0 Å². The van der Waals surface area contributed by atoms with Gasteiger partial charge in [-0.3, -0.25) is 0 Å². The lowest BCUT2D eigenvalue weighted by Gasteiger charge is -2.20. The van der Waals surface area contributed by atoms with E-state index in [4.69, 9.17) is 10.00 Å². The summed E-state index contributed by atoms with van der Waals surface area (Å²) in [6.07, 6.45) is -1.18. The molecular weight excluding hydrogens is 212 g/mol. The zero-order chi connectivity index (χ0) is 11.8. The predicted octanol–water partition coefficient (Wildman–Crippen LogP) is 2.90. The highest BCUT2D eigenvalue weighted by Crippen LogP contribution is 2.45. The van der Waals surface area contributed by atoms with E-state index in [0.717, 1.165) is 0 Å². The summed E-state index contributed by atoms with van der Waals surface area (Å²) in [6.45, 7) is 1.54. The quantitative estimate of drug-likeness (QED) is 0.733. The minimum atomic E-state index is -2.84. The summed E-state index contributed by atoms with van der Waals surface area (Å²) in [5.41, 5.74) is 0.881.